The Morgan fingerprint density at radius 2 is 2.06 bits per heavy atom. The summed E-state index contributed by atoms with van der Waals surface area (Å²) in [6, 6.07) is 8.03. The number of carbonyl (C=O) groups is 1. The Hall–Kier alpha value is -1.51. The average molecular weight is 221 g/mol. The van der Waals surface area contributed by atoms with Crippen molar-refractivity contribution in [3.63, 3.8) is 0 Å². The summed E-state index contributed by atoms with van der Waals surface area (Å²) in [7, 11) is 0. The van der Waals surface area contributed by atoms with Crippen LogP contribution in [0.1, 0.15) is 25.3 Å². The van der Waals surface area contributed by atoms with Gasteiger partial charge in [0, 0.05) is 6.54 Å². The molecule has 1 aromatic carbocycles. The molecular weight excluding hydrogens is 202 g/mol. The first-order valence-corrected chi connectivity index (χ1v) is 5.75. The molecule has 3 heteroatoms. The molecule has 0 heterocycles. The first-order valence-electron chi connectivity index (χ1n) is 5.75. The number of hydrogen-bond donors (Lipinski definition) is 1. The Balaban J connectivity index is 2.32. The van der Waals surface area contributed by atoms with Crippen LogP contribution in [0.5, 0.6) is 5.75 Å². The molecule has 0 saturated carbocycles. The smallest absolute Gasteiger partial charge is 0.207 e. The summed E-state index contributed by atoms with van der Waals surface area (Å²) in [5, 5.41) is 2.64. The molecule has 1 rings (SSSR count). The highest BCUT2D eigenvalue weighted by atomic mass is 16.5. The van der Waals surface area contributed by atoms with Crippen molar-refractivity contribution in [2.45, 2.75) is 26.2 Å². The van der Waals surface area contributed by atoms with Crippen molar-refractivity contribution >= 4 is 6.41 Å². The molecule has 16 heavy (non-hydrogen) atoms. The van der Waals surface area contributed by atoms with Gasteiger partial charge in [-0.2, -0.15) is 0 Å². The fraction of sp³-hybridized carbons (Fsp3) is 0.462. The zero-order valence-electron chi connectivity index (χ0n) is 9.74. The van der Waals surface area contributed by atoms with Crippen molar-refractivity contribution in [3.8, 4) is 5.75 Å². The third-order valence-corrected chi connectivity index (χ3v) is 2.33. The predicted octanol–water partition coefficient (Wildman–Crippen LogP) is 2.15. The lowest BCUT2D eigenvalue weighted by Crippen LogP contribution is -2.14. The molecule has 0 aliphatic rings. The van der Waals surface area contributed by atoms with Gasteiger partial charge in [-0.25, -0.2) is 0 Å². The lowest BCUT2D eigenvalue weighted by atomic mass is 10.1. The van der Waals surface area contributed by atoms with Crippen molar-refractivity contribution in [2.24, 2.45) is 0 Å². The summed E-state index contributed by atoms with van der Waals surface area (Å²) in [5.74, 6) is 0.917. The maximum atomic E-state index is 10.1. The van der Waals surface area contributed by atoms with E-state index in [0.29, 0.717) is 6.54 Å². The molecule has 0 aromatic heterocycles. The average Bonchev–Trinajstić information content (AvgIpc) is 2.32. The summed E-state index contributed by atoms with van der Waals surface area (Å²) in [4.78, 5) is 10.1. The van der Waals surface area contributed by atoms with Gasteiger partial charge in [-0.3, -0.25) is 4.79 Å². The lowest BCUT2D eigenvalue weighted by Gasteiger charge is -2.06. The largest absolute Gasteiger partial charge is 0.494 e. The van der Waals surface area contributed by atoms with Crippen LogP contribution < -0.4 is 10.1 Å². The molecule has 0 unspecified atom stereocenters. The van der Waals surface area contributed by atoms with Gasteiger partial charge in [0.2, 0.25) is 6.41 Å². The van der Waals surface area contributed by atoms with Crippen molar-refractivity contribution in [3.05, 3.63) is 29.8 Å². The fourth-order valence-electron chi connectivity index (χ4n) is 1.36. The number of carbonyl (C=O) groups excluding carboxylic acids is 1. The molecule has 1 aromatic rings. The van der Waals surface area contributed by atoms with Gasteiger partial charge in [0.15, 0.2) is 0 Å². The summed E-state index contributed by atoms with van der Waals surface area (Å²) in [5.41, 5.74) is 1.21. The second-order valence-corrected chi connectivity index (χ2v) is 3.67. The van der Waals surface area contributed by atoms with Crippen LogP contribution in [0.2, 0.25) is 0 Å². The summed E-state index contributed by atoms with van der Waals surface area (Å²) in [6.07, 6.45) is 3.82. The van der Waals surface area contributed by atoms with Crippen molar-refractivity contribution in [2.75, 3.05) is 13.2 Å². The zero-order chi connectivity index (χ0) is 11.6. The Kier molecular flexibility index (Phi) is 6.07. The molecule has 0 aliphatic heterocycles. The van der Waals surface area contributed by atoms with E-state index in [1.807, 2.05) is 24.3 Å². The molecule has 0 saturated heterocycles. The van der Waals surface area contributed by atoms with Crippen LogP contribution in [0.15, 0.2) is 24.3 Å². The predicted molar refractivity (Wildman–Crippen MR) is 64.6 cm³/mol. The first-order chi connectivity index (χ1) is 7.86. The minimum Gasteiger partial charge on any atom is -0.494 e. The molecule has 3 nitrogen and oxygen atoms in total. The van der Waals surface area contributed by atoms with E-state index < -0.39 is 0 Å². The molecule has 0 atom stereocenters. The first kappa shape index (κ1) is 12.6. The highest BCUT2D eigenvalue weighted by molar-refractivity contribution is 5.45. The summed E-state index contributed by atoms with van der Waals surface area (Å²) in [6.45, 7) is 3.61. The number of amides is 1. The molecule has 0 spiro atoms. The van der Waals surface area contributed by atoms with E-state index in [0.717, 1.165) is 38.0 Å². The Bertz CT molecular complexity index is 295. The lowest BCUT2D eigenvalue weighted by molar-refractivity contribution is -0.109. The highest BCUT2D eigenvalue weighted by Gasteiger charge is 1.95. The number of nitrogens with one attached hydrogen (secondary N) is 1. The van der Waals surface area contributed by atoms with Gasteiger partial charge in [0.1, 0.15) is 5.75 Å². The summed E-state index contributed by atoms with van der Waals surface area (Å²) >= 11 is 0. The van der Waals surface area contributed by atoms with E-state index in [2.05, 4.69) is 12.2 Å². The number of benzene rings is 1. The number of hydrogen-bond acceptors (Lipinski definition) is 2. The van der Waals surface area contributed by atoms with E-state index in [-0.39, 0.29) is 0 Å². The van der Waals surface area contributed by atoms with Crippen LogP contribution in [0.4, 0.5) is 0 Å². The van der Waals surface area contributed by atoms with E-state index in [4.69, 9.17) is 4.74 Å². The summed E-state index contributed by atoms with van der Waals surface area (Å²) < 4.78 is 5.56. The van der Waals surface area contributed by atoms with Crippen LogP contribution >= 0.6 is 0 Å². The van der Waals surface area contributed by atoms with Gasteiger partial charge >= 0.3 is 0 Å². The van der Waals surface area contributed by atoms with Gasteiger partial charge < -0.3 is 10.1 Å². The number of rotatable bonds is 8. The highest BCUT2D eigenvalue weighted by Crippen LogP contribution is 2.12. The van der Waals surface area contributed by atoms with E-state index in [1.54, 1.807) is 0 Å². The normalized spacial score (nSPS) is 9.81. The van der Waals surface area contributed by atoms with Crippen LogP contribution in [-0.2, 0) is 11.2 Å². The molecular formula is C13H19NO2. The van der Waals surface area contributed by atoms with Crippen LogP contribution in [-0.4, -0.2) is 19.6 Å². The maximum Gasteiger partial charge on any atom is 0.207 e. The topological polar surface area (TPSA) is 38.3 Å². The van der Waals surface area contributed by atoms with Gasteiger partial charge in [0.05, 0.1) is 6.61 Å². The second-order valence-electron chi connectivity index (χ2n) is 3.67. The molecule has 1 N–H and O–H groups in total. The molecule has 1 amide bonds. The van der Waals surface area contributed by atoms with Crippen molar-refractivity contribution in [1.29, 1.82) is 0 Å². The van der Waals surface area contributed by atoms with Gasteiger partial charge in [-0.1, -0.05) is 25.5 Å². The van der Waals surface area contributed by atoms with Crippen molar-refractivity contribution < 1.29 is 9.53 Å². The number of ether oxygens (including phenoxy) is 1. The fourth-order valence-corrected chi connectivity index (χ4v) is 1.36. The Morgan fingerprint density at radius 1 is 1.31 bits per heavy atom. The second kappa shape index (κ2) is 7.74. The monoisotopic (exact) mass is 221 g/mol. The van der Waals surface area contributed by atoms with Crippen LogP contribution in [0.25, 0.3) is 0 Å². The SMILES string of the molecule is CCCCOc1ccc(CCNC=O)cc1. The third-order valence-electron chi connectivity index (χ3n) is 2.33. The molecule has 0 aliphatic carbocycles. The quantitative estimate of drug-likeness (QED) is 0.539. The molecule has 88 valence electrons. The Labute approximate surface area is 96.8 Å². The standard InChI is InChI=1S/C13H19NO2/c1-2-3-10-16-13-6-4-12(5-7-13)8-9-14-11-15/h4-7,11H,2-3,8-10H2,1H3,(H,14,15). The minimum atomic E-state index is 0.680. The van der Waals surface area contributed by atoms with Crippen LogP contribution in [0.3, 0.4) is 0 Å². The van der Waals surface area contributed by atoms with Gasteiger partial charge in [-0.15, -0.1) is 0 Å². The molecule has 0 fully saturated rings. The third kappa shape index (κ3) is 4.82. The minimum absolute atomic E-state index is 0.680. The maximum absolute atomic E-state index is 10.1. The van der Waals surface area contributed by atoms with Gasteiger partial charge in [-0.05, 0) is 30.5 Å². The zero-order valence-corrected chi connectivity index (χ0v) is 9.74. The number of unbranched alkanes of at least 4 members (excludes halogenated alkanes) is 1. The van der Waals surface area contributed by atoms with E-state index in [9.17, 15) is 4.79 Å². The molecule has 0 radical (unpaired) electrons. The van der Waals surface area contributed by atoms with E-state index >= 15 is 0 Å². The van der Waals surface area contributed by atoms with E-state index in [1.165, 1.54) is 5.56 Å². The molecule has 0 bridgehead atoms. The Morgan fingerprint density at radius 3 is 2.69 bits per heavy atom. The van der Waals surface area contributed by atoms with Gasteiger partial charge in [0.25, 0.3) is 0 Å². The van der Waals surface area contributed by atoms with Crippen LogP contribution in [0, 0.1) is 0 Å². The van der Waals surface area contributed by atoms with Crippen molar-refractivity contribution in [1.82, 2.24) is 5.32 Å².